The molecule has 1 aromatic heterocycles. The minimum atomic E-state index is -3.78. The van der Waals surface area contributed by atoms with Crippen molar-refractivity contribution in [1.29, 1.82) is 0 Å². The van der Waals surface area contributed by atoms with E-state index in [1.807, 2.05) is 11.8 Å². The molecule has 0 saturated carbocycles. The lowest BCUT2D eigenvalue weighted by molar-refractivity contribution is -0.384. The van der Waals surface area contributed by atoms with Crippen LogP contribution < -0.4 is 4.90 Å². The van der Waals surface area contributed by atoms with Crippen molar-refractivity contribution >= 4 is 21.4 Å². The van der Waals surface area contributed by atoms with Crippen LogP contribution in [0.15, 0.2) is 23.1 Å². The van der Waals surface area contributed by atoms with Crippen molar-refractivity contribution in [3.63, 3.8) is 0 Å². The highest BCUT2D eigenvalue weighted by Crippen LogP contribution is 2.41. The second-order valence-corrected chi connectivity index (χ2v) is 11.7. The van der Waals surface area contributed by atoms with E-state index in [9.17, 15) is 18.5 Å². The standard InChI is InChI=1S/C23H32N6O4S/c1-17-7-5-12-26(16-17)34(32,33)18-10-11-19(21(15-18)29(30)31)27-14-6-8-20(27)23-25-24-22-9-3-2-4-13-28(22)23/h10-11,15,17,20H,2-9,12-14,16H2,1H3/t17-,20+/m0/s1. The van der Waals surface area contributed by atoms with Crippen LogP contribution in [-0.4, -0.2) is 52.0 Å². The summed E-state index contributed by atoms with van der Waals surface area (Å²) in [5, 5.41) is 21.0. The van der Waals surface area contributed by atoms with Crippen LogP contribution in [0.5, 0.6) is 0 Å². The number of piperidine rings is 1. The maximum atomic E-state index is 13.3. The second kappa shape index (κ2) is 9.26. The number of aryl methyl sites for hydroxylation is 1. The molecule has 0 N–H and O–H groups in total. The fourth-order valence-corrected chi connectivity index (χ4v) is 7.26. The summed E-state index contributed by atoms with van der Waals surface area (Å²) in [5.74, 6) is 2.13. The molecule has 3 aliphatic rings. The molecule has 0 radical (unpaired) electrons. The zero-order chi connectivity index (χ0) is 23.9. The van der Waals surface area contributed by atoms with E-state index in [2.05, 4.69) is 14.8 Å². The normalized spacial score (nSPS) is 24.1. The molecule has 184 valence electrons. The van der Waals surface area contributed by atoms with E-state index in [1.165, 1.54) is 16.4 Å². The molecule has 11 heteroatoms. The van der Waals surface area contributed by atoms with Gasteiger partial charge in [-0.05, 0) is 56.6 Å². The maximum absolute atomic E-state index is 13.3. The van der Waals surface area contributed by atoms with Gasteiger partial charge in [-0.25, -0.2) is 8.42 Å². The number of hydrogen-bond acceptors (Lipinski definition) is 7. The molecule has 0 bridgehead atoms. The molecule has 2 saturated heterocycles. The van der Waals surface area contributed by atoms with Crippen LogP contribution >= 0.6 is 0 Å². The van der Waals surface area contributed by atoms with Gasteiger partial charge in [0.1, 0.15) is 11.5 Å². The molecule has 34 heavy (non-hydrogen) atoms. The first-order chi connectivity index (χ1) is 16.4. The highest BCUT2D eigenvalue weighted by atomic mass is 32.2. The number of rotatable bonds is 5. The Morgan fingerprint density at radius 2 is 1.85 bits per heavy atom. The topological polar surface area (TPSA) is 114 Å². The van der Waals surface area contributed by atoms with E-state index in [-0.39, 0.29) is 22.5 Å². The Morgan fingerprint density at radius 3 is 2.65 bits per heavy atom. The third-order valence-corrected chi connectivity index (χ3v) is 9.26. The quantitative estimate of drug-likeness (QED) is 0.466. The molecule has 0 aliphatic carbocycles. The molecule has 3 aliphatic heterocycles. The molecule has 4 heterocycles. The number of aromatic nitrogens is 3. The van der Waals surface area contributed by atoms with E-state index in [0.717, 1.165) is 69.6 Å². The number of hydrogen-bond donors (Lipinski definition) is 0. The molecule has 2 atom stereocenters. The van der Waals surface area contributed by atoms with Crippen LogP contribution in [0.2, 0.25) is 0 Å². The Kier molecular flexibility index (Phi) is 6.32. The summed E-state index contributed by atoms with van der Waals surface area (Å²) in [6, 6.07) is 4.26. The molecule has 2 aromatic rings. The molecule has 2 fully saturated rings. The molecule has 0 spiro atoms. The van der Waals surface area contributed by atoms with Gasteiger partial charge in [0.2, 0.25) is 10.0 Å². The largest absolute Gasteiger partial charge is 0.356 e. The third-order valence-electron chi connectivity index (χ3n) is 7.40. The van der Waals surface area contributed by atoms with Gasteiger partial charge in [-0.2, -0.15) is 4.31 Å². The summed E-state index contributed by atoms with van der Waals surface area (Å²) in [4.78, 5) is 13.6. The van der Waals surface area contributed by atoms with Crippen molar-refractivity contribution in [3.05, 3.63) is 40.0 Å². The van der Waals surface area contributed by atoms with Gasteiger partial charge >= 0.3 is 0 Å². The van der Waals surface area contributed by atoms with Gasteiger partial charge in [-0.1, -0.05) is 13.3 Å². The summed E-state index contributed by atoms with van der Waals surface area (Å²) in [7, 11) is -3.78. The number of anilines is 1. The lowest BCUT2D eigenvalue weighted by Gasteiger charge is -2.30. The Morgan fingerprint density at radius 1 is 1.03 bits per heavy atom. The number of benzene rings is 1. The van der Waals surface area contributed by atoms with Gasteiger partial charge in [-0.3, -0.25) is 10.1 Å². The summed E-state index contributed by atoms with van der Waals surface area (Å²) in [6.45, 7) is 4.46. The van der Waals surface area contributed by atoms with E-state index in [4.69, 9.17) is 0 Å². The van der Waals surface area contributed by atoms with Crippen molar-refractivity contribution in [2.75, 3.05) is 24.5 Å². The molecule has 1 aromatic carbocycles. The first-order valence-electron chi connectivity index (χ1n) is 12.3. The van der Waals surface area contributed by atoms with Crippen LogP contribution in [0, 0.1) is 16.0 Å². The summed E-state index contributed by atoms with van der Waals surface area (Å²) < 4.78 is 30.2. The maximum Gasteiger partial charge on any atom is 0.293 e. The van der Waals surface area contributed by atoms with Gasteiger partial charge < -0.3 is 9.47 Å². The van der Waals surface area contributed by atoms with Crippen molar-refractivity contribution in [1.82, 2.24) is 19.1 Å². The van der Waals surface area contributed by atoms with Crippen LogP contribution in [0.1, 0.15) is 69.6 Å². The Hall–Kier alpha value is -2.53. The first-order valence-corrected chi connectivity index (χ1v) is 13.8. The van der Waals surface area contributed by atoms with Crippen LogP contribution in [0.25, 0.3) is 0 Å². The van der Waals surface area contributed by atoms with Gasteiger partial charge in [0.15, 0.2) is 5.82 Å². The predicted octanol–water partition coefficient (Wildman–Crippen LogP) is 3.67. The Bertz CT molecular complexity index is 1180. The van der Waals surface area contributed by atoms with Crippen molar-refractivity contribution in [3.8, 4) is 0 Å². The Balaban J connectivity index is 1.49. The summed E-state index contributed by atoms with van der Waals surface area (Å²) >= 11 is 0. The van der Waals surface area contributed by atoms with E-state index in [1.54, 1.807) is 6.07 Å². The van der Waals surface area contributed by atoms with Gasteiger partial charge in [-0.15, -0.1) is 10.2 Å². The number of nitro groups is 1. The summed E-state index contributed by atoms with van der Waals surface area (Å²) in [5.41, 5.74) is 0.276. The minimum absolute atomic E-state index is 0.0101. The first kappa shape index (κ1) is 23.2. The molecular formula is C23H32N6O4S. The lowest BCUT2D eigenvalue weighted by Crippen LogP contribution is -2.39. The van der Waals surface area contributed by atoms with Crippen molar-refractivity contribution in [2.45, 2.75) is 75.8 Å². The number of nitro benzene ring substituents is 1. The van der Waals surface area contributed by atoms with Gasteiger partial charge in [0.25, 0.3) is 5.69 Å². The summed E-state index contributed by atoms with van der Waals surface area (Å²) in [6.07, 6.45) is 7.76. The zero-order valence-corrected chi connectivity index (χ0v) is 20.4. The van der Waals surface area contributed by atoms with Crippen molar-refractivity contribution in [2.24, 2.45) is 5.92 Å². The number of nitrogens with zero attached hydrogens (tertiary/aromatic N) is 6. The minimum Gasteiger partial charge on any atom is -0.356 e. The SMILES string of the molecule is C[C@H]1CCCN(S(=O)(=O)c2ccc(N3CCC[C@@H]3c3nnc4n3CCCCC4)c([N+](=O)[O-])c2)C1. The highest BCUT2D eigenvalue weighted by molar-refractivity contribution is 7.89. The van der Waals surface area contributed by atoms with Crippen LogP contribution in [-0.2, 0) is 23.0 Å². The highest BCUT2D eigenvalue weighted by Gasteiger charge is 2.36. The Labute approximate surface area is 200 Å². The number of sulfonamides is 1. The van der Waals surface area contributed by atoms with Crippen LogP contribution in [0.3, 0.4) is 0 Å². The fraction of sp³-hybridized carbons (Fsp3) is 0.652. The average Bonchev–Trinajstić information content (AvgIpc) is 3.39. The smallest absolute Gasteiger partial charge is 0.293 e. The molecule has 0 amide bonds. The monoisotopic (exact) mass is 488 g/mol. The fourth-order valence-electron chi connectivity index (χ4n) is 5.64. The lowest BCUT2D eigenvalue weighted by atomic mass is 10.0. The van der Waals surface area contributed by atoms with Crippen LogP contribution in [0.4, 0.5) is 11.4 Å². The third kappa shape index (κ3) is 4.19. The zero-order valence-electron chi connectivity index (χ0n) is 19.6. The van der Waals surface area contributed by atoms with Crippen molar-refractivity contribution < 1.29 is 13.3 Å². The average molecular weight is 489 g/mol. The van der Waals surface area contributed by atoms with E-state index in [0.29, 0.717) is 25.3 Å². The number of fused-ring (bicyclic) bond motifs is 1. The second-order valence-electron chi connectivity index (χ2n) is 9.81. The molecular weight excluding hydrogens is 456 g/mol. The molecule has 0 unspecified atom stereocenters. The molecule has 10 nitrogen and oxygen atoms in total. The van der Waals surface area contributed by atoms with Gasteiger partial charge in [0.05, 0.1) is 15.9 Å². The molecule has 5 rings (SSSR count). The van der Waals surface area contributed by atoms with E-state index < -0.39 is 14.9 Å². The predicted molar refractivity (Wildman–Crippen MR) is 127 cm³/mol. The van der Waals surface area contributed by atoms with E-state index >= 15 is 0 Å². The van der Waals surface area contributed by atoms with Gasteiger partial charge in [0, 0.05) is 38.7 Å².